The fourth-order valence-corrected chi connectivity index (χ4v) is 2.30. The number of nitrogens with zero attached hydrogens (tertiary/aromatic N) is 1. The number of carbonyl (C=O) groups is 2. The molecule has 6 heteroatoms. The molecule has 0 aromatic rings. The van der Waals surface area contributed by atoms with Crippen LogP contribution in [-0.2, 0) is 0 Å². The second-order valence-electron chi connectivity index (χ2n) is 5.23. The molecule has 0 aromatic carbocycles. The highest BCUT2D eigenvalue weighted by atomic mass is 16.4. The molecule has 2 unspecified atom stereocenters. The minimum absolute atomic E-state index is 0.0135. The van der Waals surface area contributed by atoms with Crippen molar-refractivity contribution in [2.75, 3.05) is 19.6 Å². The lowest BCUT2D eigenvalue weighted by Gasteiger charge is -2.47. The van der Waals surface area contributed by atoms with Crippen LogP contribution < -0.4 is 10.4 Å². The van der Waals surface area contributed by atoms with E-state index in [1.165, 1.54) is 0 Å². The van der Waals surface area contributed by atoms with E-state index in [2.05, 4.69) is 5.32 Å². The summed E-state index contributed by atoms with van der Waals surface area (Å²) < 4.78 is -1.00. The van der Waals surface area contributed by atoms with Crippen LogP contribution >= 0.6 is 0 Å². The lowest BCUT2D eigenvalue weighted by molar-refractivity contribution is -0.842. The zero-order valence-corrected chi connectivity index (χ0v) is 9.82. The molecule has 0 radical (unpaired) electrons. The van der Waals surface area contributed by atoms with Gasteiger partial charge in [0.2, 0.25) is 0 Å². The average Bonchev–Trinajstić information content (AvgIpc) is 2.15. The second-order valence-corrected chi connectivity index (χ2v) is 5.23. The van der Waals surface area contributed by atoms with Crippen LogP contribution in [0.25, 0.3) is 0 Å². The first-order valence-corrected chi connectivity index (χ1v) is 5.26. The van der Waals surface area contributed by atoms with Crippen LogP contribution in [0.15, 0.2) is 0 Å². The minimum Gasteiger partial charge on any atom is -0.498 e. The smallest absolute Gasteiger partial charge is 0.498 e. The van der Waals surface area contributed by atoms with E-state index in [0.29, 0.717) is 13.1 Å². The van der Waals surface area contributed by atoms with Crippen molar-refractivity contribution in [1.82, 2.24) is 5.32 Å². The minimum atomic E-state index is -1.53. The monoisotopic (exact) mass is 230 g/mol. The molecule has 0 bridgehead atoms. The summed E-state index contributed by atoms with van der Waals surface area (Å²) in [6, 6.07) is -0.538. The first kappa shape index (κ1) is 12.9. The zero-order valence-electron chi connectivity index (χ0n) is 9.82. The molecule has 2 amide bonds. The van der Waals surface area contributed by atoms with E-state index in [1.54, 1.807) is 0 Å². The largest absolute Gasteiger partial charge is 0.520 e. The number of amides is 2. The van der Waals surface area contributed by atoms with Gasteiger partial charge in [-0.05, 0) is 0 Å². The van der Waals surface area contributed by atoms with Gasteiger partial charge >= 0.3 is 6.09 Å². The zero-order chi connectivity index (χ0) is 12.6. The number of piperazine rings is 1. The van der Waals surface area contributed by atoms with Gasteiger partial charge in [0.15, 0.2) is 0 Å². The van der Waals surface area contributed by atoms with Crippen LogP contribution in [0, 0.1) is 5.41 Å². The highest BCUT2D eigenvalue weighted by molar-refractivity contribution is 5.73. The van der Waals surface area contributed by atoms with Gasteiger partial charge in [0.1, 0.15) is 12.6 Å². The fourth-order valence-electron chi connectivity index (χ4n) is 2.30. The Hall–Kier alpha value is -1.14. The molecule has 2 N–H and O–H groups in total. The first-order chi connectivity index (χ1) is 7.23. The summed E-state index contributed by atoms with van der Waals surface area (Å²) in [4.78, 5) is 22.5. The maximum atomic E-state index is 11.3. The number of hydrogen-bond acceptors (Lipinski definition) is 4. The van der Waals surface area contributed by atoms with E-state index in [1.807, 2.05) is 20.8 Å². The molecule has 1 saturated heterocycles. The summed E-state index contributed by atoms with van der Waals surface area (Å²) in [5.74, 6) is 0. The average molecular weight is 230 g/mol. The highest BCUT2D eigenvalue weighted by Gasteiger charge is 2.53. The summed E-state index contributed by atoms with van der Waals surface area (Å²) in [7, 11) is 0. The van der Waals surface area contributed by atoms with E-state index in [4.69, 9.17) is 0 Å². The Morgan fingerprint density at radius 1 is 1.44 bits per heavy atom. The number of carboxylic acid groups (broad SMARTS) is 2. The molecule has 2 atom stereocenters. The highest BCUT2D eigenvalue weighted by Crippen LogP contribution is 2.31. The van der Waals surface area contributed by atoms with Crippen molar-refractivity contribution in [3.05, 3.63) is 0 Å². The molecule has 0 spiro atoms. The third-order valence-electron chi connectivity index (χ3n) is 3.18. The van der Waals surface area contributed by atoms with Gasteiger partial charge in [-0.1, -0.05) is 20.8 Å². The van der Waals surface area contributed by atoms with Crippen LogP contribution in [0.1, 0.15) is 20.8 Å². The third kappa shape index (κ3) is 1.90. The van der Waals surface area contributed by atoms with Gasteiger partial charge < -0.3 is 20.3 Å². The first-order valence-electron chi connectivity index (χ1n) is 5.26. The molecule has 0 aromatic heterocycles. The number of hydrogen-bond donors (Lipinski definition) is 2. The van der Waals surface area contributed by atoms with E-state index in [-0.39, 0.29) is 6.54 Å². The number of rotatable bonds is 0. The Morgan fingerprint density at radius 3 is 2.31 bits per heavy atom. The van der Waals surface area contributed by atoms with Gasteiger partial charge in [-0.25, -0.2) is 0 Å². The standard InChI is InChI=1S/C10H18N2O4/c1-10(2,3)7-6-11-4-5-12(7,8(13)14)9(15)16/h7,11H,4-6H2,1-3H3,(H-,13,14,15,16). The quantitative estimate of drug-likeness (QED) is 0.564. The van der Waals surface area contributed by atoms with Crippen LogP contribution in [0.3, 0.4) is 0 Å². The number of quaternary nitrogens is 1. The van der Waals surface area contributed by atoms with Crippen molar-refractivity contribution >= 4 is 12.2 Å². The van der Waals surface area contributed by atoms with Gasteiger partial charge in [-0.3, -0.25) is 0 Å². The van der Waals surface area contributed by atoms with Crippen molar-refractivity contribution < 1.29 is 24.3 Å². The molecular formula is C10H18N2O4. The van der Waals surface area contributed by atoms with Crippen LogP contribution in [0.2, 0.25) is 0 Å². The molecule has 0 saturated carbocycles. The van der Waals surface area contributed by atoms with Crippen LogP contribution in [0.4, 0.5) is 9.59 Å². The van der Waals surface area contributed by atoms with Crippen molar-refractivity contribution in [3.8, 4) is 0 Å². The van der Waals surface area contributed by atoms with E-state index in [0.717, 1.165) is 0 Å². The van der Waals surface area contributed by atoms with Gasteiger partial charge in [-0.15, -0.1) is 0 Å². The molecule has 1 rings (SSSR count). The van der Waals surface area contributed by atoms with E-state index < -0.39 is 28.1 Å². The summed E-state index contributed by atoms with van der Waals surface area (Å²) in [6.07, 6.45) is -2.88. The fraction of sp³-hybridized carbons (Fsp3) is 0.800. The van der Waals surface area contributed by atoms with Crippen LogP contribution in [-0.4, -0.2) is 47.5 Å². The van der Waals surface area contributed by atoms with Crippen molar-refractivity contribution in [2.24, 2.45) is 5.41 Å². The summed E-state index contributed by atoms with van der Waals surface area (Å²) >= 11 is 0. The number of nitrogens with one attached hydrogen (secondary N) is 1. The summed E-state index contributed by atoms with van der Waals surface area (Å²) in [6.45, 7) is 6.26. The van der Waals surface area contributed by atoms with Crippen molar-refractivity contribution in [2.45, 2.75) is 26.8 Å². The molecule has 0 aliphatic carbocycles. The number of carbonyl (C=O) groups excluding carboxylic acids is 1. The van der Waals surface area contributed by atoms with Crippen molar-refractivity contribution in [1.29, 1.82) is 0 Å². The Balaban J connectivity index is 3.21. The summed E-state index contributed by atoms with van der Waals surface area (Å²) in [5, 5.41) is 23.5. The number of imide groups is 1. The maximum Gasteiger partial charge on any atom is 0.520 e. The Labute approximate surface area is 94.4 Å². The molecule has 1 aliphatic heterocycles. The second kappa shape index (κ2) is 4.03. The molecule has 1 aliphatic rings. The Bertz CT molecular complexity index is 294. The molecule has 6 nitrogen and oxygen atoms in total. The van der Waals surface area contributed by atoms with E-state index in [9.17, 15) is 19.8 Å². The lowest BCUT2D eigenvalue weighted by Crippen LogP contribution is -2.75. The molecule has 16 heavy (non-hydrogen) atoms. The Morgan fingerprint density at radius 2 is 2.00 bits per heavy atom. The van der Waals surface area contributed by atoms with E-state index >= 15 is 0 Å². The Kier molecular flexibility index (Phi) is 3.25. The molecule has 1 fully saturated rings. The predicted molar refractivity (Wildman–Crippen MR) is 54.7 cm³/mol. The normalized spacial score (nSPS) is 31.1. The maximum absolute atomic E-state index is 11.3. The SMILES string of the molecule is CC(C)(C)C1CNCC[N+]1(C(=O)[O-])C(=O)O. The molecular weight excluding hydrogens is 212 g/mol. The lowest BCUT2D eigenvalue weighted by atomic mass is 9.83. The predicted octanol–water partition coefficient (Wildman–Crippen LogP) is -0.158. The van der Waals surface area contributed by atoms with Gasteiger partial charge in [0.25, 0.3) is 6.09 Å². The van der Waals surface area contributed by atoms with Crippen LogP contribution in [0.5, 0.6) is 0 Å². The summed E-state index contributed by atoms with van der Waals surface area (Å²) in [5.41, 5.74) is -0.425. The van der Waals surface area contributed by atoms with Crippen molar-refractivity contribution in [3.63, 3.8) is 0 Å². The van der Waals surface area contributed by atoms with Gasteiger partial charge in [0.05, 0.1) is 0 Å². The molecule has 1 heterocycles. The topological polar surface area (TPSA) is 89.5 Å². The molecule has 92 valence electrons. The van der Waals surface area contributed by atoms with Gasteiger partial charge in [0, 0.05) is 18.5 Å². The third-order valence-corrected chi connectivity index (χ3v) is 3.18. The van der Waals surface area contributed by atoms with Gasteiger partial charge in [-0.2, -0.15) is 9.28 Å².